The first kappa shape index (κ1) is 16.7. The number of aromatic nitrogens is 1. The van der Waals surface area contributed by atoms with Crippen molar-refractivity contribution in [1.82, 2.24) is 4.98 Å². The Morgan fingerprint density at radius 2 is 1.80 bits per heavy atom. The zero-order valence-electron chi connectivity index (χ0n) is 13.7. The van der Waals surface area contributed by atoms with Gasteiger partial charge >= 0.3 is 0 Å². The summed E-state index contributed by atoms with van der Waals surface area (Å²) in [6.07, 6.45) is 0.408. The van der Waals surface area contributed by atoms with Gasteiger partial charge in [0, 0.05) is 16.9 Å². The number of nitrogens with one attached hydrogen (secondary N) is 1. The third kappa shape index (κ3) is 2.98. The number of amides is 2. The SMILES string of the molecule is CC(N)c1ccc(-c2ccc3c(C(N)=O)c(N(N)C=O)[nH]c3c2)cc1. The van der Waals surface area contributed by atoms with Crippen LogP contribution in [-0.2, 0) is 4.79 Å². The Labute approximate surface area is 144 Å². The van der Waals surface area contributed by atoms with Crippen LogP contribution < -0.4 is 22.3 Å². The molecule has 0 spiro atoms. The van der Waals surface area contributed by atoms with Crippen molar-refractivity contribution in [1.29, 1.82) is 0 Å². The van der Waals surface area contributed by atoms with Crippen LogP contribution in [0.15, 0.2) is 42.5 Å². The predicted molar refractivity (Wildman–Crippen MR) is 97.6 cm³/mol. The van der Waals surface area contributed by atoms with Gasteiger partial charge in [-0.1, -0.05) is 36.4 Å². The van der Waals surface area contributed by atoms with Crippen molar-refractivity contribution < 1.29 is 9.59 Å². The van der Waals surface area contributed by atoms with Gasteiger partial charge in [-0.3, -0.25) is 9.59 Å². The first-order valence-corrected chi connectivity index (χ1v) is 7.73. The van der Waals surface area contributed by atoms with E-state index in [1.54, 1.807) is 6.07 Å². The van der Waals surface area contributed by atoms with E-state index in [0.717, 1.165) is 21.7 Å². The quantitative estimate of drug-likeness (QED) is 0.244. The first-order chi connectivity index (χ1) is 11.9. The van der Waals surface area contributed by atoms with Crippen molar-refractivity contribution in [3.63, 3.8) is 0 Å². The van der Waals surface area contributed by atoms with E-state index in [-0.39, 0.29) is 17.4 Å². The molecule has 3 aromatic rings. The molecule has 1 unspecified atom stereocenters. The summed E-state index contributed by atoms with van der Waals surface area (Å²) in [6, 6.07) is 13.4. The molecule has 25 heavy (non-hydrogen) atoms. The second-order valence-electron chi connectivity index (χ2n) is 5.90. The van der Waals surface area contributed by atoms with Crippen molar-refractivity contribution in [3.8, 4) is 11.1 Å². The molecular formula is C18H19N5O2. The fraction of sp³-hybridized carbons (Fsp3) is 0.111. The fourth-order valence-electron chi connectivity index (χ4n) is 2.84. The predicted octanol–water partition coefficient (Wildman–Crippen LogP) is 1.79. The highest BCUT2D eigenvalue weighted by Gasteiger charge is 2.19. The minimum absolute atomic E-state index is 0.0282. The van der Waals surface area contributed by atoms with Gasteiger partial charge in [0.15, 0.2) is 0 Å². The van der Waals surface area contributed by atoms with Gasteiger partial charge in [-0.2, -0.15) is 0 Å². The van der Waals surface area contributed by atoms with E-state index < -0.39 is 5.91 Å². The van der Waals surface area contributed by atoms with Crippen molar-refractivity contribution in [3.05, 3.63) is 53.6 Å². The summed E-state index contributed by atoms with van der Waals surface area (Å²) in [5, 5.41) is 1.41. The minimum atomic E-state index is -0.660. The van der Waals surface area contributed by atoms with Crippen LogP contribution in [0.25, 0.3) is 22.0 Å². The molecule has 7 heteroatoms. The fourth-order valence-corrected chi connectivity index (χ4v) is 2.84. The number of anilines is 1. The van der Waals surface area contributed by atoms with Crippen LogP contribution in [0.3, 0.4) is 0 Å². The molecule has 7 N–H and O–H groups in total. The van der Waals surface area contributed by atoms with E-state index in [1.807, 2.05) is 43.3 Å². The van der Waals surface area contributed by atoms with E-state index in [0.29, 0.717) is 17.3 Å². The third-order valence-electron chi connectivity index (χ3n) is 4.17. The summed E-state index contributed by atoms with van der Waals surface area (Å²) in [5.74, 6) is 5.11. The average molecular weight is 337 g/mol. The Morgan fingerprint density at radius 3 is 2.36 bits per heavy atom. The molecule has 128 valence electrons. The number of aromatic amines is 1. The molecule has 2 amide bonds. The molecule has 1 atom stereocenters. The summed E-state index contributed by atoms with van der Waals surface area (Å²) in [6.45, 7) is 1.93. The largest absolute Gasteiger partial charge is 0.365 e. The molecule has 0 aliphatic carbocycles. The molecule has 2 aromatic carbocycles. The number of primary amides is 1. The smallest absolute Gasteiger partial charge is 0.253 e. The van der Waals surface area contributed by atoms with Crippen molar-refractivity contribution in [2.45, 2.75) is 13.0 Å². The van der Waals surface area contributed by atoms with Gasteiger partial charge in [0.05, 0.1) is 5.56 Å². The molecule has 7 nitrogen and oxygen atoms in total. The Balaban J connectivity index is 2.11. The zero-order valence-corrected chi connectivity index (χ0v) is 13.7. The van der Waals surface area contributed by atoms with Gasteiger partial charge in [-0.25, -0.2) is 10.9 Å². The molecule has 0 bridgehead atoms. The van der Waals surface area contributed by atoms with Crippen molar-refractivity contribution in [2.75, 3.05) is 5.01 Å². The number of hydrogen-bond donors (Lipinski definition) is 4. The minimum Gasteiger partial charge on any atom is -0.365 e. The van der Waals surface area contributed by atoms with Crippen molar-refractivity contribution >= 4 is 29.0 Å². The van der Waals surface area contributed by atoms with Crippen LogP contribution in [0, 0.1) is 0 Å². The summed E-state index contributed by atoms with van der Waals surface area (Å²) in [7, 11) is 0. The maximum atomic E-state index is 11.8. The second-order valence-corrected chi connectivity index (χ2v) is 5.90. The highest BCUT2D eigenvalue weighted by molar-refractivity contribution is 6.12. The van der Waals surface area contributed by atoms with Crippen LogP contribution in [0.5, 0.6) is 0 Å². The van der Waals surface area contributed by atoms with E-state index >= 15 is 0 Å². The Morgan fingerprint density at radius 1 is 1.16 bits per heavy atom. The second kappa shape index (κ2) is 6.39. The number of nitrogens with zero attached hydrogens (tertiary/aromatic N) is 1. The highest BCUT2D eigenvalue weighted by Crippen LogP contribution is 2.31. The van der Waals surface area contributed by atoms with Crippen LogP contribution in [0.1, 0.15) is 28.9 Å². The van der Waals surface area contributed by atoms with Gasteiger partial charge < -0.3 is 16.5 Å². The Bertz CT molecular complexity index is 944. The monoisotopic (exact) mass is 337 g/mol. The van der Waals surface area contributed by atoms with E-state index in [1.165, 1.54) is 0 Å². The average Bonchev–Trinajstić information content (AvgIpc) is 2.99. The summed E-state index contributed by atoms with van der Waals surface area (Å²) in [4.78, 5) is 25.7. The van der Waals surface area contributed by atoms with Gasteiger partial charge in [0.2, 0.25) is 6.41 Å². The number of nitrogens with two attached hydrogens (primary N) is 3. The van der Waals surface area contributed by atoms with E-state index in [4.69, 9.17) is 17.3 Å². The van der Waals surface area contributed by atoms with Crippen LogP contribution in [-0.4, -0.2) is 17.3 Å². The number of H-pyrrole nitrogens is 1. The first-order valence-electron chi connectivity index (χ1n) is 7.73. The molecule has 0 saturated carbocycles. The van der Waals surface area contributed by atoms with Crippen LogP contribution >= 0.6 is 0 Å². The lowest BCUT2D eigenvalue weighted by molar-refractivity contribution is -0.107. The lowest BCUT2D eigenvalue weighted by Crippen LogP contribution is -2.31. The number of carbonyl (C=O) groups is 2. The summed E-state index contributed by atoms with van der Waals surface area (Å²) in [5.41, 5.74) is 15.2. The highest BCUT2D eigenvalue weighted by atomic mass is 16.1. The standard InChI is InChI=1S/C18H19N5O2/c1-10(19)11-2-4-12(5-3-11)13-6-7-14-15(8-13)22-18(23(21)9-24)16(14)17(20)25/h2-10,22H,19,21H2,1H3,(H2,20,25). The molecule has 0 saturated heterocycles. The molecule has 3 rings (SSSR count). The molecule has 1 heterocycles. The van der Waals surface area contributed by atoms with Crippen LogP contribution in [0.2, 0.25) is 0 Å². The number of fused-ring (bicyclic) bond motifs is 1. The number of benzene rings is 2. The van der Waals surface area contributed by atoms with Gasteiger partial charge in [0.1, 0.15) is 5.82 Å². The van der Waals surface area contributed by atoms with E-state index in [9.17, 15) is 9.59 Å². The summed E-state index contributed by atoms with van der Waals surface area (Å²) < 4.78 is 0. The number of hydrazine groups is 1. The molecule has 0 aliphatic rings. The van der Waals surface area contributed by atoms with Gasteiger partial charge in [-0.05, 0) is 29.7 Å². The van der Waals surface area contributed by atoms with E-state index in [2.05, 4.69) is 4.98 Å². The van der Waals surface area contributed by atoms with Gasteiger partial charge in [0.25, 0.3) is 5.91 Å². The van der Waals surface area contributed by atoms with Crippen molar-refractivity contribution in [2.24, 2.45) is 17.3 Å². The lowest BCUT2D eigenvalue weighted by atomic mass is 10.0. The Kier molecular flexibility index (Phi) is 4.26. The molecular weight excluding hydrogens is 318 g/mol. The number of rotatable bonds is 5. The Hall–Kier alpha value is -3.16. The normalized spacial score (nSPS) is 12.1. The number of carbonyl (C=O) groups excluding carboxylic acids is 2. The third-order valence-corrected chi connectivity index (χ3v) is 4.17. The summed E-state index contributed by atoms with van der Waals surface area (Å²) >= 11 is 0. The topological polar surface area (TPSA) is 131 Å². The van der Waals surface area contributed by atoms with Gasteiger partial charge in [-0.15, -0.1) is 0 Å². The molecule has 0 fully saturated rings. The maximum absolute atomic E-state index is 11.8. The maximum Gasteiger partial charge on any atom is 0.253 e. The molecule has 0 aliphatic heterocycles. The zero-order chi connectivity index (χ0) is 18.1. The molecule has 0 radical (unpaired) electrons. The number of hydrogen-bond acceptors (Lipinski definition) is 4. The van der Waals surface area contributed by atoms with Crippen LogP contribution in [0.4, 0.5) is 5.82 Å². The lowest BCUT2D eigenvalue weighted by Gasteiger charge is -2.08. The molecule has 1 aromatic heterocycles.